The number of unbranched alkanes of at least 4 members (excludes halogenated alkanes) is 30. The van der Waals surface area contributed by atoms with Gasteiger partial charge >= 0.3 is 0 Å². The Morgan fingerprint density at radius 2 is 0.600 bits per heavy atom. The number of alkyl halides is 1. The van der Waals surface area contributed by atoms with E-state index in [1.807, 2.05) is 0 Å². The monoisotopic (exact) mass is 645 g/mol. The molecule has 1 aromatic carbocycles. The summed E-state index contributed by atoms with van der Waals surface area (Å²) in [5.41, 5.74) is 1.33. The second-order valence-corrected chi connectivity index (χ2v) is 15.2. The molecule has 0 aromatic heterocycles. The Morgan fingerprint density at radius 1 is 0.356 bits per heavy atom. The Morgan fingerprint density at radius 3 is 0.867 bits per heavy atom. The maximum Gasteiger partial charge on any atom is 0.0613 e. The van der Waals surface area contributed by atoms with Gasteiger partial charge in [-0.15, -0.1) is 11.6 Å². The Labute approximate surface area is 290 Å². The van der Waals surface area contributed by atoms with Crippen molar-refractivity contribution in [1.82, 2.24) is 0 Å². The van der Waals surface area contributed by atoms with E-state index in [-0.39, 0.29) is 5.38 Å². The van der Waals surface area contributed by atoms with E-state index in [1.54, 1.807) is 0 Å². The van der Waals surface area contributed by atoms with Crippen LogP contribution in [0.15, 0.2) is 30.3 Å². The van der Waals surface area contributed by atoms with E-state index < -0.39 is 0 Å². The van der Waals surface area contributed by atoms with Crippen LogP contribution >= 0.6 is 11.6 Å². The van der Waals surface area contributed by atoms with E-state index in [1.165, 1.54) is 224 Å². The molecule has 1 atom stereocenters. The second kappa shape index (κ2) is 34.8. The van der Waals surface area contributed by atoms with Gasteiger partial charge in [0.05, 0.1) is 5.38 Å². The van der Waals surface area contributed by atoms with Gasteiger partial charge in [0, 0.05) is 0 Å². The highest BCUT2D eigenvalue weighted by Crippen LogP contribution is 2.36. The zero-order valence-electron chi connectivity index (χ0n) is 31.0. The van der Waals surface area contributed by atoms with Gasteiger partial charge in [-0.3, -0.25) is 0 Å². The van der Waals surface area contributed by atoms with Crippen molar-refractivity contribution in [3.8, 4) is 0 Å². The van der Waals surface area contributed by atoms with Gasteiger partial charge < -0.3 is 0 Å². The van der Waals surface area contributed by atoms with Crippen molar-refractivity contribution in [3.05, 3.63) is 35.9 Å². The molecule has 0 heterocycles. The molecule has 1 unspecified atom stereocenters. The first-order valence-electron chi connectivity index (χ1n) is 21.0. The highest BCUT2D eigenvalue weighted by molar-refractivity contribution is 6.21. The van der Waals surface area contributed by atoms with Crippen LogP contribution in [0.5, 0.6) is 0 Å². The largest absolute Gasteiger partial charge is 0.118 e. The quantitative estimate of drug-likeness (QED) is 0.0503. The van der Waals surface area contributed by atoms with Crippen LogP contribution < -0.4 is 0 Å². The van der Waals surface area contributed by atoms with Crippen LogP contribution in [-0.4, -0.2) is 0 Å². The summed E-state index contributed by atoms with van der Waals surface area (Å²) in [7, 11) is 0. The highest BCUT2D eigenvalue weighted by Gasteiger charge is 2.20. The van der Waals surface area contributed by atoms with Gasteiger partial charge in [0.15, 0.2) is 0 Å². The molecule has 0 fully saturated rings. The van der Waals surface area contributed by atoms with Crippen LogP contribution in [0.25, 0.3) is 0 Å². The van der Waals surface area contributed by atoms with Gasteiger partial charge in [0.25, 0.3) is 0 Å². The summed E-state index contributed by atoms with van der Waals surface area (Å²) >= 11 is 7.11. The zero-order chi connectivity index (χ0) is 32.3. The minimum atomic E-state index is 0.180. The highest BCUT2D eigenvalue weighted by atomic mass is 35.5. The Hall–Kier alpha value is -0.490. The van der Waals surface area contributed by atoms with E-state index >= 15 is 0 Å². The fourth-order valence-corrected chi connectivity index (χ4v) is 7.65. The number of halogens is 1. The molecule has 0 aliphatic carbocycles. The topological polar surface area (TPSA) is 0 Å². The van der Waals surface area contributed by atoms with Crippen molar-refractivity contribution < 1.29 is 0 Å². The summed E-state index contributed by atoms with van der Waals surface area (Å²) < 4.78 is 0. The number of benzene rings is 1. The maximum atomic E-state index is 7.11. The third-order valence-corrected chi connectivity index (χ3v) is 11.0. The SMILES string of the molecule is CCCCCCCCCCCCCCCCCCC(CCCCCCCCCCCCCCCCCC)C(Cl)c1ccccc1. The fourth-order valence-electron chi connectivity index (χ4n) is 7.26. The lowest BCUT2D eigenvalue weighted by Gasteiger charge is -2.23. The van der Waals surface area contributed by atoms with Crippen LogP contribution in [-0.2, 0) is 0 Å². The van der Waals surface area contributed by atoms with Crippen LogP contribution in [0.3, 0.4) is 0 Å². The molecule has 0 radical (unpaired) electrons. The van der Waals surface area contributed by atoms with Gasteiger partial charge in [0.2, 0.25) is 0 Å². The minimum Gasteiger partial charge on any atom is -0.118 e. The first-order chi connectivity index (χ1) is 22.3. The average Bonchev–Trinajstić information content (AvgIpc) is 3.07. The van der Waals surface area contributed by atoms with E-state index in [0.717, 1.165) is 0 Å². The van der Waals surface area contributed by atoms with Crippen molar-refractivity contribution in [1.29, 1.82) is 0 Å². The lowest BCUT2D eigenvalue weighted by atomic mass is 9.88. The summed E-state index contributed by atoms with van der Waals surface area (Å²) in [6.07, 6.45) is 48.7. The number of rotatable bonds is 36. The van der Waals surface area contributed by atoms with Crippen molar-refractivity contribution in [3.63, 3.8) is 0 Å². The zero-order valence-corrected chi connectivity index (χ0v) is 31.7. The number of hydrogen-bond donors (Lipinski definition) is 0. The van der Waals surface area contributed by atoms with Crippen molar-refractivity contribution >= 4 is 11.6 Å². The van der Waals surface area contributed by atoms with Gasteiger partial charge in [-0.25, -0.2) is 0 Å². The van der Waals surface area contributed by atoms with Gasteiger partial charge in [0.1, 0.15) is 0 Å². The molecule has 0 bridgehead atoms. The predicted octanol–water partition coefficient (Wildman–Crippen LogP) is 16.9. The third kappa shape index (κ3) is 28.3. The molecule has 0 spiro atoms. The normalized spacial score (nSPS) is 12.4. The van der Waals surface area contributed by atoms with Crippen LogP contribution in [0.1, 0.15) is 243 Å². The first kappa shape index (κ1) is 42.5. The lowest BCUT2D eigenvalue weighted by molar-refractivity contribution is 0.390. The van der Waals surface area contributed by atoms with Crippen LogP contribution in [0.2, 0.25) is 0 Å². The molecule has 1 rings (SSSR count). The second-order valence-electron chi connectivity index (χ2n) is 14.8. The first-order valence-corrected chi connectivity index (χ1v) is 21.4. The maximum absolute atomic E-state index is 7.11. The molecule has 1 aromatic rings. The molecule has 0 aliphatic rings. The molecule has 0 aliphatic heterocycles. The van der Waals surface area contributed by atoms with Gasteiger partial charge in [-0.1, -0.05) is 250 Å². The molecular formula is C44H81Cl. The summed E-state index contributed by atoms with van der Waals surface area (Å²) in [5.74, 6) is 0.632. The average molecular weight is 646 g/mol. The Balaban J connectivity index is 2.05. The Bertz CT molecular complexity index is 633. The van der Waals surface area contributed by atoms with Crippen molar-refractivity contribution in [2.24, 2.45) is 5.92 Å². The summed E-state index contributed by atoms with van der Waals surface area (Å²) in [4.78, 5) is 0. The van der Waals surface area contributed by atoms with Crippen LogP contribution in [0, 0.1) is 5.92 Å². The van der Waals surface area contributed by atoms with E-state index in [9.17, 15) is 0 Å². The molecule has 0 amide bonds. The standard InChI is InChI=1S/C44H81Cl/c1-3-5-7-9-11-13-15-17-19-21-23-25-27-29-31-34-38-42(44(45)43-40-36-33-37-41-43)39-35-32-30-28-26-24-22-20-18-16-14-12-10-8-6-4-2/h33,36-37,40-42,44H,3-32,34-35,38-39H2,1-2H3. The minimum absolute atomic E-state index is 0.180. The van der Waals surface area contributed by atoms with Gasteiger partial charge in [-0.05, 0) is 24.3 Å². The van der Waals surface area contributed by atoms with Crippen molar-refractivity contribution in [2.75, 3.05) is 0 Å². The molecule has 0 nitrogen and oxygen atoms in total. The molecule has 45 heavy (non-hydrogen) atoms. The molecule has 0 saturated carbocycles. The summed E-state index contributed by atoms with van der Waals surface area (Å²) in [6.45, 7) is 4.61. The molecule has 264 valence electrons. The van der Waals surface area contributed by atoms with E-state index in [2.05, 4.69) is 44.2 Å². The fraction of sp³-hybridized carbons (Fsp3) is 0.864. The van der Waals surface area contributed by atoms with Gasteiger partial charge in [-0.2, -0.15) is 0 Å². The molecular weight excluding hydrogens is 564 g/mol. The van der Waals surface area contributed by atoms with E-state index in [4.69, 9.17) is 11.6 Å². The summed E-state index contributed by atoms with van der Waals surface area (Å²) in [6, 6.07) is 10.9. The molecule has 1 heteroatoms. The smallest absolute Gasteiger partial charge is 0.0613 e. The van der Waals surface area contributed by atoms with E-state index in [0.29, 0.717) is 5.92 Å². The predicted molar refractivity (Wildman–Crippen MR) is 207 cm³/mol. The Kier molecular flexibility index (Phi) is 32.9. The molecule has 0 saturated heterocycles. The number of hydrogen-bond acceptors (Lipinski definition) is 0. The third-order valence-electron chi connectivity index (χ3n) is 10.4. The lowest BCUT2D eigenvalue weighted by Crippen LogP contribution is -2.09. The molecule has 0 N–H and O–H groups in total. The van der Waals surface area contributed by atoms with Crippen LogP contribution in [0.4, 0.5) is 0 Å². The van der Waals surface area contributed by atoms with Crippen molar-refractivity contribution in [2.45, 2.75) is 238 Å². The summed E-state index contributed by atoms with van der Waals surface area (Å²) in [5, 5.41) is 0.180.